The number of hydrogen-bond acceptors (Lipinski definition) is 3. The predicted octanol–water partition coefficient (Wildman–Crippen LogP) is 1.86. The van der Waals surface area contributed by atoms with E-state index in [9.17, 15) is 9.59 Å². The first kappa shape index (κ1) is 16.2. The Kier molecular flexibility index (Phi) is 4.57. The van der Waals surface area contributed by atoms with Crippen LogP contribution in [0.3, 0.4) is 0 Å². The number of nitrogens with zero attached hydrogens (tertiary/aromatic N) is 3. The van der Waals surface area contributed by atoms with Gasteiger partial charge in [0.25, 0.3) is 11.5 Å². The van der Waals surface area contributed by atoms with Crippen molar-refractivity contribution in [3.8, 4) is 0 Å². The predicted molar refractivity (Wildman–Crippen MR) is 90.6 cm³/mol. The third kappa shape index (κ3) is 3.20. The van der Waals surface area contributed by atoms with Gasteiger partial charge in [0, 0.05) is 56.1 Å². The average Bonchev–Trinajstić information content (AvgIpc) is 2.88. The monoisotopic (exact) mass is 317 g/mol. The number of aromatic nitrogens is 1. The summed E-state index contributed by atoms with van der Waals surface area (Å²) in [5.41, 5.74) is 0.377. The second-order valence-electron chi connectivity index (χ2n) is 7.13. The highest BCUT2D eigenvalue weighted by Crippen LogP contribution is 2.30. The molecule has 0 spiro atoms. The summed E-state index contributed by atoms with van der Waals surface area (Å²) in [4.78, 5) is 29.0. The van der Waals surface area contributed by atoms with Crippen molar-refractivity contribution in [3.63, 3.8) is 0 Å². The summed E-state index contributed by atoms with van der Waals surface area (Å²) in [6.45, 7) is 6.17. The number of hydrogen-bond donors (Lipinski definition) is 0. The zero-order chi connectivity index (χ0) is 16.6. The summed E-state index contributed by atoms with van der Waals surface area (Å²) in [6, 6.07) is 4.86. The topological polar surface area (TPSA) is 45.5 Å². The van der Waals surface area contributed by atoms with Crippen LogP contribution in [0.25, 0.3) is 0 Å². The van der Waals surface area contributed by atoms with Gasteiger partial charge in [-0.3, -0.25) is 14.5 Å². The van der Waals surface area contributed by atoms with Gasteiger partial charge in [-0.05, 0) is 45.6 Å². The number of carbonyl (C=O) groups is 1. The molecule has 0 aromatic carbocycles. The zero-order valence-electron chi connectivity index (χ0n) is 14.4. The van der Waals surface area contributed by atoms with Crippen molar-refractivity contribution in [2.24, 2.45) is 7.05 Å². The van der Waals surface area contributed by atoms with Crippen LogP contribution in [0.4, 0.5) is 0 Å². The fraction of sp³-hybridized carbons (Fsp3) is 0.667. The first-order valence-corrected chi connectivity index (χ1v) is 8.70. The van der Waals surface area contributed by atoms with Crippen LogP contribution in [0.2, 0.25) is 0 Å². The molecule has 3 rings (SSSR count). The molecule has 3 unspecified atom stereocenters. The molecule has 5 heteroatoms. The Balaban J connectivity index is 1.74. The summed E-state index contributed by atoms with van der Waals surface area (Å²) < 4.78 is 1.49. The van der Waals surface area contributed by atoms with Crippen LogP contribution in [0.5, 0.6) is 0 Å². The lowest BCUT2D eigenvalue weighted by Crippen LogP contribution is -2.52. The number of rotatable bonds is 2. The van der Waals surface area contributed by atoms with E-state index in [1.165, 1.54) is 23.5 Å². The van der Waals surface area contributed by atoms with Crippen LogP contribution in [0.1, 0.15) is 49.9 Å². The van der Waals surface area contributed by atoms with Gasteiger partial charge in [-0.15, -0.1) is 0 Å². The molecule has 1 aromatic heterocycles. The van der Waals surface area contributed by atoms with Gasteiger partial charge < -0.3 is 9.47 Å². The maximum Gasteiger partial charge on any atom is 0.254 e. The number of carbonyl (C=O) groups excluding carboxylic acids is 1. The van der Waals surface area contributed by atoms with E-state index in [1.54, 1.807) is 19.3 Å². The minimum Gasteiger partial charge on any atom is -0.337 e. The Morgan fingerprint density at radius 3 is 2.52 bits per heavy atom. The van der Waals surface area contributed by atoms with E-state index in [-0.39, 0.29) is 11.5 Å². The van der Waals surface area contributed by atoms with Gasteiger partial charge in [0.1, 0.15) is 0 Å². The highest BCUT2D eigenvalue weighted by molar-refractivity contribution is 5.94. The van der Waals surface area contributed by atoms with Gasteiger partial charge in [0.05, 0.1) is 0 Å². The molecule has 5 nitrogen and oxygen atoms in total. The van der Waals surface area contributed by atoms with E-state index in [0.717, 1.165) is 25.9 Å². The average molecular weight is 317 g/mol. The third-order valence-electron chi connectivity index (χ3n) is 5.48. The van der Waals surface area contributed by atoms with Crippen molar-refractivity contribution < 1.29 is 4.79 Å². The molecule has 1 aromatic rings. The Hall–Kier alpha value is -1.62. The molecule has 2 aliphatic rings. The van der Waals surface area contributed by atoms with Crippen LogP contribution in [-0.2, 0) is 7.05 Å². The second-order valence-corrected chi connectivity index (χ2v) is 7.13. The fourth-order valence-electron chi connectivity index (χ4n) is 4.18. The van der Waals surface area contributed by atoms with Crippen molar-refractivity contribution in [1.29, 1.82) is 0 Å². The smallest absolute Gasteiger partial charge is 0.254 e. The van der Waals surface area contributed by atoms with Crippen molar-refractivity contribution in [2.75, 3.05) is 13.1 Å². The molecule has 0 radical (unpaired) electrons. The van der Waals surface area contributed by atoms with Crippen LogP contribution in [0, 0.1) is 0 Å². The molecule has 1 amide bonds. The second kappa shape index (κ2) is 6.48. The third-order valence-corrected chi connectivity index (χ3v) is 5.48. The summed E-state index contributed by atoms with van der Waals surface area (Å²) in [5, 5.41) is 0. The van der Waals surface area contributed by atoms with E-state index in [4.69, 9.17) is 0 Å². The van der Waals surface area contributed by atoms with Gasteiger partial charge in [-0.25, -0.2) is 0 Å². The molecule has 0 aliphatic carbocycles. The van der Waals surface area contributed by atoms with Crippen LogP contribution in [0.15, 0.2) is 23.1 Å². The standard InChI is InChI=1S/C18H27N3O2/c1-13-6-7-14(2)21(13)16-5-4-9-20(12-16)18(23)15-8-10-19(3)17(22)11-15/h8,10-11,13-14,16H,4-7,9,12H2,1-3H3. The molecular formula is C18H27N3O2. The van der Waals surface area contributed by atoms with Crippen LogP contribution in [-0.4, -0.2) is 51.5 Å². The molecule has 2 aliphatic heterocycles. The van der Waals surface area contributed by atoms with E-state index in [0.29, 0.717) is 23.7 Å². The summed E-state index contributed by atoms with van der Waals surface area (Å²) >= 11 is 0. The van der Waals surface area contributed by atoms with Gasteiger partial charge in [-0.2, -0.15) is 0 Å². The zero-order valence-corrected chi connectivity index (χ0v) is 14.4. The number of aryl methyl sites for hydroxylation is 1. The van der Waals surface area contributed by atoms with Crippen molar-refractivity contribution >= 4 is 5.91 Å². The van der Waals surface area contributed by atoms with Gasteiger partial charge >= 0.3 is 0 Å². The number of amides is 1. The normalized spacial score (nSPS) is 29.0. The maximum atomic E-state index is 12.7. The largest absolute Gasteiger partial charge is 0.337 e. The molecule has 2 saturated heterocycles. The van der Waals surface area contributed by atoms with E-state index < -0.39 is 0 Å². The van der Waals surface area contributed by atoms with Gasteiger partial charge in [0.15, 0.2) is 0 Å². The molecule has 2 fully saturated rings. The number of pyridine rings is 1. The Labute approximate surface area is 137 Å². The van der Waals surface area contributed by atoms with Crippen molar-refractivity contribution in [2.45, 2.75) is 57.7 Å². The quantitative estimate of drug-likeness (QED) is 0.836. The molecule has 0 N–H and O–H groups in total. The summed E-state index contributed by atoms with van der Waals surface area (Å²) in [7, 11) is 1.70. The summed E-state index contributed by atoms with van der Waals surface area (Å²) in [6.07, 6.45) is 6.37. The Bertz CT molecular complexity index is 629. The minimum atomic E-state index is -0.133. The highest BCUT2D eigenvalue weighted by Gasteiger charge is 2.36. The Morgan fingerprint density at radius 1 is 1.17 bits per heavy atom. The molecule has 3 atom stereocenters. The van der Waals surface area contributed by atoms with E-state index >= 15 is 0 Å². The first-order valence-electron chi connectivity index (χ1n) is 8.70. The van der Waals surface area contributed by atoms with Crippen molar-refractivity contribution in [3.05, 3.63) is 34.2 Å². The van der Waals surface area contributed by atoms with Gasteiger partial charge in [-0.1, -0.05) is 0 Å². The van der Waals surface area contributed by atoms with E-state index in [1.807, 2.05) is 4.90 Å². The van der Waals surface area contributed by atoms with Crippen molar-refractivity contribution in [1.82, 2.24) is 14.4 Å². The molecule has 0 bridgehead atoms. The first-order chi connectivity index (χ1) is 11.0. The Morgan fingerprint density at radius 2 is 1.87 bits per heavy atom. The fourth-order valence-corrected chi connectivity index (χ4v) is 4.18. The van der Waals surface area contributed by atoms with Gasteiger partial charge in [0.2, 0.25) is 0 Å². The SMILES string of the molecule is CC1CCC(C)N1C1CCCN(C(=O)c2ccn(C)c(=O)c2)C1. The lowest BCUT2D eigenvalue weighted by atomic mass is 10.0. The summed E-state index contributed by atoms with van der Waals surface area (Å²) in [5.74, 6) is -0.00750. The lowest BCUT2D eigenvalue weighted by molar-refractivity contribution is 0.0487. The molecule has 0 saturated carbocycles. The molecule has 23 heavy (non-hydrogen) atoms. The lowest BCUT2D eigenvalue weighted by Gasteiger charge is -2.41. The molecule has 126 valence electrons. The van der Waals surface area contributed by atoms with Crippen LogP contribution >= 0.6 is 0 Å². The number of piperidine rings is 1. The maximum absolute atomic E-state index is 12.7. The number of likely N-dealkylation sites (tertiary alicyclic amines) is 2. The van der Waals surface area contributed by atoms with E-state index in [2.05, 4.69) is 18.7 Å². The molecule has 3 heterocycles. The highest BCUT2D eigenvalue weighted by atomic mass is 16.2. The van der Waals surface area contributed by atoms with Crippen LogP contribution < -0.4 is 5.56 Å². The molecular weight excluding hydrogens is 290 g/mol. The minimum absolute atomic E-state index is 0.00750.